The quantitative estimate of drug-likeness (QED) is 0.905. The van der Waals surface area contributed by atoms with Crippen molar-refractivity contribution in [2.45, 2.75) is 46.2 Å². The van der Waals surface area contributed by atoms with Gasteiger partial charge in [0.15, 0.2) is 0 Å². The van der Waals surface area contributed by atoms with Crippen LogP contribution in [0.3, 0.4) is 0 Å². The van der Waals surface area contributed by atoms with Crippen LogP contribution in [0.1, 0.15) is 33.6 Å². The largest absolute Gasteiger partial charge is 0.370 e. The summed E-state index contributed by atoms with van der Waals surface area (Å²) in [5, 5.41) is 4.28. The third-order valence-corrected chi connectivity index (χ3v) is 4.12. The number of nitrogens with zero attached hydrogens (tertiary/aromatic N) is 3. The van der Waals surface area contributed by atoms with Gasteiger partial charge in [0.25, 0.3) is 5.56 Å². The van der Waals surface area contributed by atoms with E-state index in [1.807, 2.05) is 0 Å². The van der Waals surface area contributed by atoms with E-state index in [0.717, 1.165) is 18.8 Å². The molecule has 1 aromatic rings. The number of piperidine rings is 1. The molecule has 5 nitrogen and oxygen atoms in total. The van der Waals surface area contributed by atoms with Crippen molar-refractivity contribution < 1.29 is 0 Å². The van der Waals surface area contributed by atoms with Crippen LogP contribution in [0.15, 0.2) is 17.1 Å². The Hall–Kier alpha value is -1.36. The highest BCUT2D eigenvalue weighted by molar-refractivity contribution is 5.43. The monoisotopic (exact) mass is 278 g/mol. The van der Waals surface area contributed by atoms with E-state index in [0.29, 0.717) is 18.4 Å². The van der Waals surface area contributed by atoms with Crippen molar-refractivity contribution in [2.75, 3.05) is 18.0 Å². The topological polar surface area (TPSA) is 64.2 Å². The molecule has 1 aliphatic heterocycles. The number of rotatable bonds is 4. The Morgan fingerprint density at radius 3 is 2.85 bits per heavy atom. The van der Waals surface area contributed by atoms with E-state index in [1.54, 1.807) is 12.3 Å². The summed E-state index contributed by atoms with van der Waals surface area (Å²) in [7, 11) is 0. The molecule has 1 aromatic heterocycles. The predicted molar refractivity (Wildman–Crippen MR) is 81.9 cm³/mol. The standard InChI is InChI=1S/C15H26N4O/c1-11(2)14(16)10-19-15(20)7-13(8-17-19)18-6-4-5-12(3)9-18/h7-8,11-12,14H,4-6,9-10,16H2,1-3H3. The maximum atomic E-state index is 12.1. The molecule has 0 bridgehead atoms. The Bertz CT molecular complexity index is 497. The highest BCUT2D eigenvalue weighted by Crippen LogP contribution is 2.20. The summed E-state index contributed by atoms with van der Waals surface area (Å²) in [6.07, 6.45) is 4.25. The molecule has 0 saturated carbocycles. The summed E-state index contributed by atoms with van der Waals surface area (Å²) in [6.45, 7) is 8.87. The molecule has 0 spiro atoms. The van der Waals surface area contributed by atoms with Crippen molar-refractivity contribution in [3.63, 3.8) is 0 Å². The zero-order valence-corrected chi connectivity index (χ0v) is 12.7. The summed E-state index contributed by atoms with van der Waals surface area (Å²) >= 11 is 0. The molecule has 2 rings (SSSR count). The summed E-state index contributed by atoms with van der Waals surface area (Å²) in [5.74, 6) is 1.02. The SMILES string of the molecule is CC1CCCN(c2cnn(CC(N)C(C)C)c(=O)c2)C1. The van der Waals surface area contributed by atoms with E-state index in [9.17, 15) is 4.79 Å². The normalized spacial score (nSPS) is 21.2. The van der Waals surface area contributed by atoms with Gasteiger partial charge in [0.1, 0.15) is 0 Å². The van der Waals surface area contributed by atoms with E-state index in [4.69, 9.17) is 5.73 Å². The Morgan fingerprint density at radius 2 is 2.25 bits per heavy atom. The van der Waals surface area contributed by atoms with Gasteiger partial charge in [-0.05, 0) is 24.7 Å². The molecule has 2 heterocycles. The minimum atomic E-state index is -0.0585. The Labute approximate surface area is 120 Å². The van der Waals surface area contributed by atoms with E-state index >= 15 is 0 Å². The average molecular weight is 278 g/mol. The van der Waals surface area contributed by atoms with Crippen molar-refractivity contribution in [1.82, 2.24) is 9.78 Å². The summed E-state index contributed by atoms with van der Waals surface area (Å²) in [4.78, 5) is 14.4. The van der Waals surface area contributed by atoms with Gasteiger partial charge in [-0.1, -0.05) is 20.8 Å². The molecule has 0 amide bonds. The lowest BCUT2D eigenvalue weighted by molar-refractivity contribution is 0.402. The van der Waals surface area contributed by atoms with Crippen molar-refractivity contribution in [2.24, 2.45) is 17.6 Å². The number of nitrogens with two attached hydrogens (primary N) is 1. The van der Waals surface area contributed by atoms with E-state index < -0.39 is 0 Å². The highest BCUT2D eigenvalue weighted by atomic mass is 16.1. The molecule has 2 N–H and O–H groups in total. The van der Waals surface area contributed by atoms with Gasteiger partial charge >= 0.3 is 0 Å². The molecule has 112 valence electrons. The van der Waals surface area contributed by atoms with Crippen LogP contribution in [0, 0.1) is 11.8 Å². The Balaban J connectivity index is 2.11. The predicted octanol–water partition coefficient (Wildman–Crippen LogP) is 1.46. The van der Waals surface area contributed by atoms with Crippen LogP contribution < -0.4 is 16.2 Å². The molecule has 5 heteroatoms. The maximum Gasteiger partial charge on any atom is 0.268 e. The molecule has 1 aliphatic rings. The average Bonchev–Trinajstić information content (AvgIpc) is 2.40. The summed E-state index contributed by atoms with van der Waals surface area (Å²) in [5.41, 5.74) is 6.89. The van der Waals surface area contributed by atoms with Crippen LogP contribution in [-0.2, 0) is 6.54 Å². The molecular formula is C15H26N4O. The van der Waals surface area contributed by atoms with Crippen molar-refractivity contribution >= 4 is 5.69 Å². The Kier molecular flexibility index (Phi) is 4.81. The van der Waals surface area contributed by atoms with E-state index in [2.05, 4.69) is 30.8 Å². The number of hydrogen-bond acceptors (Lipinski definition) is 4. The summed E-state index contributed by atoms with van der Waals surface area (Å²) in [6, 6.07) is 1.65. The van der Waals surface area contributed by atoms with Crippen LogP contribution in [0.25, 0.3) is 0 Å². The summed E-state index contributed by atoms with van der Waals surface area (Å²) < 4.78 is 1.47. The number of aromatic nitrogens is 2. The molecule has 0 aromatic carbocycles. The maximum absolute atomic E-state index is 12.1. The fourth-order valence-electron chi connectivity index (χ4n) is 2.57. The second kappa shape index (κ2) is 6.39. The smallest absolute Gasteiger partial charge is 0.268 e. The number of anilines is 1. The van der Waals surface area contributed by atoms with E-state index in [1.165, 1.54) is 17.5 Å². The van der Waals surface area contributed by atoms with Gasteiger partial charge in [0.2, 0.25) is 0 Å². The third kappa shape index (κ3) is 3.60. The number of hydrogen-bond donors (Lipinski definition) is 1. The lowest BCUT2D eigenvalue weighted by Gasteiger charge is -2.32. The fraction of sp³-hybridized carbons (Fsp3) is 0.733. The van der Waals surface area contributed by atoms with Gasteiger partial charge in [-0.3, -0.25) is 4.79 Å². The van der Waals surface area contributed by atoms with Crippen molar-refractivity contribution in [1.29, 1.82) is 0 Å². The molecule has 20 heavy (non-hydrogen) atoms. The van der Waals surface area contributed by atoms with Gasteiger partial charge in [-0.15, -0.1) is 0 Å². The fourth-order valence-corrected chi connectivity index (χ4v) is 2.57. The third-order valence-electron chi connectivity index (χ3n) is 4.12. The highest BCUT2D eigenvalue weighted by Gasteiger charge is 2.18. The molecule has 2 unspecified atom stereocenters. The lowest BCUT2D eigenvalue weighted by atomic mass is 10.00. The minimum Gasteiger partial charge on any atom is -0.370 e. The molecular weight excluding hydrogens is 252 g/mol. The first kappa shape index (κ1) is 15.0. The van der Waals surface area contributed by atoms with Gasteiger partial charge in [-0.25, -0.2) is 4.68 Å². The molecule has 1 fully saturated rings. The lowest BCUT2D eigenvalue weighted by Crippen LogP contribution is -2.38. The van der Waals surface area contributed by atoms with Gasteiger partial charge in [0, 0.05) is 25.2 Å². The first-order valence-corrected chi connectivity index (χ1v) is 7.55. The first-order chi connectivity index (χ1) is 9.47. The van der Waals surface area contributed by atoms with Crippen molar-refractivity contribution in [3.8, 4) is 0 Å². The van der Waals surface area contributed by atoms with Crippen molar-refractivity contribution in [3.05, 3.63) is 22.6 Å². The zero-order chi connectivity index (χ0) is 14.7. The van der Waals surface area contributed by atoms with Gasteiger partial charge in [0.05, 0.1) is 18.4 Å². The Morgan fingerprint density at radius 1 is 1.50 bits per heavy atom. The van der Waals surface area contributed by atoms with Crippen LogP contribution in [0.4, 0.5) is 5.69 Å². The van der Waals surface area contributed by atoms with Crippen LogP contribution in [0.5, 0.6) is 0 Å². The van der Waals surface area contributed by atoms with Crippen LogP contribution >= 0.6 is 0 Å². The molecule has 1 saturated heterocycles. The van der Waals surface area contributed by atoms with Gasteiger partial charge < -0.3 is 10.6 Å². The second-order valence-electron chi connectivity index (χ2n) is 6.34. The van der Waals surface area contributed by atoms with Crippen LogP contribution in [0.2, 0.25) is 0 Å². The second-order valence-corrected chi connectivity index (χ2v) is 6.34. The molecule has 0 aliphatic carbocycles. The zero-order valence-electron chi connectivity index (χ0n) is 12.7. The van der Waals surface area contributed by atoms with Crippen LogP contribution in [-0.4, -0.2) is 28.9 Å². The van der Waals surface area contributed by atoms with E-state index in [-0.39, 0.29) is 11.6 Å². The van der Waals surface area contributed by atoms with Gasteiger partial charge in [-0.2, -0.15) is 5.10 Å². The molecule has 0 radical (unpaired) electrons. The minimum absolute atomic E-state index is 0.0407. The molecule has 2 atom stereocenters. The first-order valence-electron chi connectivity index (χ1n) is 7.55.